The van der Waals surface area contributed by atoms with Crippen molar-refractivity contribution in [3.05, 3.63) is 41.1 Å². The van der Waals surface area contributed by atoms with Gasteiger partial charge in [-0.2, -0.15) is 13.2 Å². The molecular weight excluding hydrogens is 227 g/mol. The van der Waals surface area contributed by atoms with Crippen LogP contribution in [0.1, 0.15) is 23.7 Å². The van der Waals surface area contributed by atoms with Crippen molar-refractivity contribution in [3.8, 4) is 0 Å². The third-order valence-corrected chi connectivity index (χ3v) is 2.78. The molecule has 0 unspecified atom stereocenters. The summed E-state index contributed by atoms with van der Waals surface area (Å²) in [6.07, 6.45) is -3.53. The molecule has 0 aliphatic heterocycles. The van der Waals surface area contributed by atoms with E-state index >= 15 is 0 Å². The zero-order valence-electron chi connectivity index (χ0n) is 9.60. The van der Waals surface area contributed by atoms with Crippen LogP contribution < -0.4 is 0 Å². The maximum Gasteiger partial charge on any atom is 0.433 e. The molecule has 0 aliphatic carbocycles. The van der Waals surface area contributed by atoms with Crippen molar-refractivity contribution in [2.24, 2.45) is 0 Å². The van der Waals surface area contributed by atoms with Crippen LogP contribution in [0.3, 0.4) is 0 Å². The molecule has 0 spiro atoms. The van der Waals surface area contributed by atoms with Gasteiger partial charge in [0.15, 0.2) is 0 Å². The fraction of sp³-hybridized carbons (Fsp3) is 0.308. The van der Waals surface area contributed by atoms with E-state index in [-0.39, 0.29) is 0 Å². The van der Waals surface area contributed by atoms with Crippen molar-refractivity contribution in [2.45, 2.75) is 26.4 Å². The molecule has 0 atom stereocenters. The average Bonchev–Trinajstić information content (AvgIpc) is 2.27. The minimum atomic E-state index is -4.39. The molecule has 4 heteroatoms. The van der Waals surface area contributed by atoms with E-state index in [9.17, 15) is 13.2 Å². The van der Waals surface area contributed by atoms with E-state index < -0.39 is 11.9 Å². The van der Waals surface area contributed by atoms with E-state index in [1.54, 1.807) is 13.0 Å². The van der Waals surface area contributed by atoms with Crippen LogP contribution in [0.15, 0.2) is 24.3 Å². The lowest BCUT2D eigenvalue weighted by Crippen LogP contribution is -2.08. The van der Waals surface area contributed by atoms with E-state index in [2.05, 4.69) is 4.98 Å². The Morgan fingerprint density at radius 3 is 2.47 bits per heavy atom. The Morgan fingerprint density at radius 1 is 1.18 bits per heavy atom. The first-order chi connectivity index (χ1) is 7.91. The van der Waals surface area contributed by atoms with Crippen LogP contribution in [-0.2, 0) is 12.6 Å². The van der Waals surface area contributed by atoms with Crippen molar-refractivity contribution < 1.29 is 13.2 Å². The second kappa shape index (κ2) is 4.02. The fourth-order valence-electron chi connectivity index (χ4n) is 1.81. The topological polar surface area (TPSA) is 12.9 Å². The third-order valence-electron chi connectivity index (χ3n) is 2.78. The lowest BCUT2D eigenvalue weighted by Gasteiger charge is -2.10. The molecule has 0 radical (unpaired) electrons. The first kappa shape index (κ1) is 11.9. The maximum atomic E-state index is 12.6. The number of aromatic nitrogens is 1. The highest BCUT2D eigenvalue weighted by atomic mass is 19.4. The number of hydrogen-bond acceptors (Lipinski definition) is 1. The number of halogens is 3. The molecule has 2 rings (SSSR count). The van der Waals surface area contributed by atoms with E-state index in [0.717, 1.165) is 23.4 Å². The zero-order valence-corrected chi connectivity index (χ0v) is 9.60. The smallest absolute Gasteiger partial charge is 0.243 e. The minimum Gasteiger partial charge on any atom is -0.243 e. The van der Waals surface area contributed by atoms with Gasteiger partial charge in [-0.1, -0.05) is 13.0 Å². The van der Waals surface area contributed by atoms with E-state index in [0.29, 0.717) is 11.1 Å². The van der Waals surface area contributed by atoms with E-state index in [1.165, 1.54) is 0 Å². The van der Waals surface area contributed by atoms with Crippen molar-refractivity contribution in [3.63, 3.8) is 0 Å². The summed E-state index contributed by atoms with van der Waals surface area (Å²) in [4.78, 5) is 3.66. The Kier molecular flexibility index (Phi) is 2.81. The van der Waals surface area contributed by atoms with Crippen molar-refractivity contribution in [2.75, 3.05) is 0 Å². The molecule has 1 aromatic heterocycles. The van der Waals surface area contributed by atoms with Gasteiger partial charge in [0.25, 0.3) is 0 Å². The van der Waals surface area contributed by atoms with Gasteiger partial charge in [0.1, 0.15) is 5.69 Å². The van der Waals surface area contributed by atoms with Crippen LogP contribution in [0.25, 0.3) is 10.9 Å². The van der Waals surface area contributed by atoms with Crippen LogP contribution in [0.4, 0.5) is 13.2 Å². The molecule has 90 valence electrons. The number of rotatable bonds is 1. The van der Waals surface area contributed by atoms with Crippen LogP contribution >= 0.6 is 0 Å². The Hall–Kier alpha value is -1.58. The molecule has 0 saturated heterocycles. The first-order valence-electron chi connectivity index (χ1n) is 5.39. The zero-order chi connectivity index (χ0) is 12.6. The fourth-order valence-corrected chi connectivity index (χ4v) is 1.81. The minimum absolute atomic E-state index is 0.398. The predicted molar refractivity (Wildman–Crippen MR) is 60.9 cm³/mol. The molecule has 1 heterocycles. The monoisotopic (exact) mass is 239 g/mol. The molecule has 1 nitrogen and oxygen atoms in total. The SMILES string of the molecule is CCc1ccc2nc(C(F)(F)F)cc(C)c2c1. The molecule has 0 saturated carbocycles. The van der Waals surface area contributed by atoms with Crippen molar-refractivity contribution in [1.82, 2.24) is 4.98 Å². The number of pyridine rings is 1. The number of benzene rings is 1. The summed E-state index contributed by atoms with van der Waals surface area (Å²) < 4.78 is 37.7. The van der Waals surface area contributed by atoms with Gasteiger partial charge < -0.3 is 0 Å². The quantitative estimate of drug-likeness (QED) is 0.729. The molecule has 0 fully saturated rings. The van der Waals surface area contributed by atoms with Crippen LogP contribution in [-0.4, -0.2) is 4.98 Å². The Morgan fingerprint density at radius 2 is 1.88 bits per heavy atom. The summed E-state index contributed by atoms with van der Waals surface area (Å²) in [7, 11) is 0. The maximum absolute atomic E-state index is 12.6. The second-order valence-corrected chi connectivity index (χ2v) is 4.03. The van der Waals surface area contributed by atoms with Gasteiger partial charge in [-0.05, 0) is 42.7 Å². The molecule has 0 aliphatic rings. The molecule has 17 heavy (non-hydrogen) atoms. The number of aryl methyl sites for hydroxylation is 2. The van der Waals surface area contributed by atoms with Crippen molar-refractivity contribution in [1.29, 1.82) is 0 Å². The molecule has 0 bridgehead atoms. The molecular formula is C13H12F3N. The summed E-state index contributed by atoms with van der Waals surface area (Å²) in [6, 6.07) is 6.46. The van der Waals surface area contributed by atoms with Gasteiger partial charge in [0.05, 0.1) is 5.52 Å². The molecule has 2 aromatic rings. The third kappa shape index (κ3) is 2.25. The molecule has 0 N–H and O–H groups in total. The highest BCUT2D eigenvalue weighted by molar-refractivity contribution is 5.83. The lowest BCUT2D eigenvalue weighted by molar-refractivity contribution is -0.141. The average molecular weight is 239 g/mol. The first-order valence-corrected chi connectivity index (χ1v) is 5.39. The van der Waals surface area contributed by atoms with E-state index in [4.69, 9.17) is 0 Å². The standard InChI is InChI=1S/C13H12F3N/c1-3-9-4-5-11-10(7-9)8(2)6-12(17-11)13(14,15)16/h4-7H,3H2,1-2H3. The highest BCUT2D eigenvalue weighted by Gasteiger charge is 2.32. The molecule has 1 aromatic carbocycles. The normalized spacial score (nSPS) is 12.1. The summed E-state index contributed by atoms with van der Waals surface area (Å²) in [5, 5.41) is 0.789. The van der Waals surface area contributed by atoms with Gasteiger partial charge in [-0.3, -0.25) is 0 Å². The predicted octanol–water partition coefficient (Wildman–Crippen LogP) is 4.12. The van der Waals surface area contributed by atoms with Crippen LogP contribution in [0.2, 0.25) is 0 Å². The number of fused-ring (bicyclic) bond motifs is 1. The lowest BCUT2D eigenvalue weighted by atomic mass is 10.0. The summed E-state index contributed by atoms with van der Waals surface area (Å²) in [5.74, 6) is 0. The molecule has 0 amide bonds. The Bertz CT molecular complexity index is 558. The van der Waals surface area contributed by atoms with Gasteiger partial charge in [0.2, 0.25) is 0 Å². The summed E-state index contributed by atoms with van der Waals surface area (Å²) in [6.45, 7) is 3.69. The van der Waals surface area contributed by atoms with E-state index in [1.807, 2.05) is 19.1 Å². The number of hydrogen-bond donors (Lipinski definition) is 0. The largest absolute Gasteiger partial charge is 0.433 e. The summed E-state index contributed by atoms with van der Waals surface area (Å²) >= 11 is 0. The Labute approximate surface area is 97.3 Å². The van der Waals surface area contributed by atoms with Crippen LogP contribution in [0, 0.1) is 6.92 Å². The Balaban J connectivity index is 2.68. The van der Waals surface area contributed by atoms with Gasteiger partial charge >= 0.3 is 6.18 Å². The van der Waals surface area contributed by atoms with Gasteiger partial charge in [-0.15, -0.1) is 0 Å². The summed E-state index contributed by atoms with van der Waals surface area (Å²) in [5.41, 5.74) is 1.28. The number of alkyl halides is 3. The van der Waals surface area contributed by atoms with Gasteiger partial charge in [0, 0.05) is 5.39 Å². The van der Waals surface area contributed by atoms with Gasteiger partial charge in [-0.25, -0.2) is 4.98 Å². The highest BCUT2D eigenvalue weighted by Crippen LogP contribution is 2.30. The second-order valence-electron chi connectivity index (χ2n) is 4.03. The number of nitrogens with zero attached hydrogens (tertiary/aromatic N) is 1. The van der Waals surface area contributed by atoms with Crippen molar-refractivity contribution >= 4 is 10.9 Å². The van der Waals surface area contributed by atoms with Crippen LogP contribution in [0.5, 0.6) is 0 Å².